The SMILES string of the molecule is O=C(NCc1ccc2nsnc2c1)c1cn(Cc2ccc(Cl)cc2)nn1. The highest BCUT2D eigenvalue weighted by Crippen LogP contribution is 2.13. The summed E-state index contributed by atoms with van der Waals surface area (Å²) in [6.07, 6.45) is 1.62. The molecule has 0 fully saturated rings. The fraction of sp³-hybridized carbons (Fsp3) is 0.118. The van der Waals surface area contributed by atoms with Crippen LogP contribution in [0, 0.1) is 0 Å². The molecule has 4 aromatic rings. The first-order valence-corrected chi connectivity index (χ1v) is 8.92. The predicted octanol–water partition coefficient (Wildman–Crippen LogP) is 2.91. The number of nitrogens with one attached hydrogen (secondary N) is 1. The van der Waals surface area contributed by atoms with Crippen LogP contribution in [-0.4, -0.2) is 29.6 Å². The van der Waals surface area contributed by atoms with Crippen molar-refractivity contribution >= 4 is 40.3 Å². The second-order valence-electron chi connectivity index (χ2n) is 5.70. The van der Waals surface area contributed by atoms with E-state index in [4.69, 9.17) is 11.6 Å². The Hall–Kier alpha value is -2.84. The smallest absolute Gasteiger partial charge is 0.273 e. The van der Waals surface area contributed by atoms with Crippen LogP contribution >= 0.6 is 23.3 Å². The molecule has 7 nitrogen and oxygen atoms in total. The van der Waals surface area contributed by atoms with Crippen molar-refractivity contribution < 1.29 is 4.79 Å². The minimum absolute atomic E-state index is 0.273. The molecule has 0 spiro atoms. The van der Waals surface area contributed by atoms with Crippen molar-refractivity contribution in [2.45, 2.75) is 13.1 Å². The van der Waals surface area contributed by atoms with Gasteiger partial charge in [-0.05, 0) is 35.4 Å². The molecule has 2 aromatic heterocycles. The monoisotopic (exact) mass is 384 g/mol. The van der Waals surface area contributed by atoms with E-state index in [0.29, 0.717) is 18.1 Å². The molecule has 0 unspecified atom stereocenters. The van der Waals surface area contributed by atoms with E-state index in [2.05, 4.69) is 24.4 Å². The van der Waals surface area contributed by atoms with Gasteiger partial charge in [-0.15, -0.1) is 5.10 Å². The molecule has 0 aliphatic heterocycles. The number of rotatable bonds is 5. The Kier molecular flexibility index (Phi) is 4.59. The van der Waals surface area contributed by atoms with E-state index in [1.54, 1.807) is 10.9 Å². The summed E-state index contributed by atoms with van der Waals surface area (Å²) < 4.78 is 9.97. The third-order valence-corrected chi connectivity index (χ3v) is 4.61. The number of benzene rings is 2. The van der Waals surface area contributed by atoms with Crippen LogP contribution in [0.3, 0.4) is 0 Å². The van der Waals surface area contributed by atoms with Crippen molar-refractivity contribution in [3.63, 3.8) is 0 Å². The van der Waals surface area contributed by atoms with Crippen LogP contribution in [0.25, 0.3) is 11.0 Å². The van der Waals surface area contributed by atoms with Crippen LogP contribution in [0.5, 0.6) is 0 Å². The Morgan fingerprint density at radius 3 is 2.69 bits per heavy atom. The Morgan fingerprint density at radius 2 is 1.85 bits per heavy atom. The number of hydrogen-bond donors (Lipinski definition) is 1. The topological polar surface area (TPSA) is 85.6 Å². The second-order valence-corrected chi connectivity index (χ2v) is 6.66. The van der Waals surface area contributed by atoms with Gasteiger partial charge in [-0.1, -0.05) is 35.0 Å². The lowest BCUT2D eigenvalue weighted by Crippen LogP contribution is -2.23. The normalized spacial score (nSPS) is 11.0. The van der Waals surface area contributed by atoms with Gasteiger partial charge in [0.1, 0.15) is 11.0 Å². The number of aromatic nitrogens is 5. The van der Waals surface area contributed by atoms with Crippen LogP contribution < -0.4 is 5.32 Å². The Labute approximate surface area is 157 Å². The lowest BCUT2D eigenvalue weighted by atomic mass is 10.2. The second kappa shape index (κ2) is 7.19. The first-order chi connectivity index (χ1) is 12.7. The molecule has 2 aromatic carbocycles. The quantitative estimate of drug-likeness (QED) is 0.571. The third-order valence-electron chi connectivity index (χ3n) is 3.80. The van der Waals surface area contributed by atoms with Crippen LogP contribution in [0.1, 0.15) is 21.6 Å². The van der Waals surface area contributed by atoms with Gasteiger partial charge in [-0.3, -0.25) is 4.79 Å². The van der Waals surface area contributed by atoms with Crippen molar-refractivity contribution in [1.29, 1.82) is 0 Å². The average Bonchev–Trinajstić information content (AvgIpc) is 3.30. The minimum Gasteiger partial charge on any atom is -0.347 e. The summed E-state index contributed by atoms with van der Waals surface area (Å²) in [5, 5.41) is 11.5. The van der Waals surface area contributed by atoms with Gasteiger partial charge in [-0.25, -0.2) is 4.68 Å². The highest BCUT2D eigenvalue weighted by Gasteiger charge is 2.11. The fourth-order valence-corrected chi connectivity index (χ4v) is 3.11. The maximum atomic E-state index is 12.3. The number of carbonyl (C=O) groups excluding carboxylic acids is 1. The molecule has 0 atom stereocenters. The van der Waals surface area contributed by atoms with E-state index < -0.39 is 0 Å². The molecule has 0 bridgehead atoms. The fourth-order valence-electron chi connectivity index (χ4n) is 2.47. The van der Waals surface area contributed by atoms with E-state index in [-0.39, 0.29) is 11.6 Å². The molecule has 2 heterocycles. The molecule has 0 aliphatic rings. The molecule has 1 amide bonds. The Morgan fingerprint density at radius 1 is 1.08 bits per heavy atom. The maximum Gasteiger partial charge on any atom is 0.273 e. The van der Waals surface area contributed by atoms with Gasteiger partial charge < -0.3 is 5.32 Å². The minimum atomic E-state index is -0.274. The average molecular weight is 385 g/mol. The van der Waals surface area contributed by atoms with Crippen molar-refractivity contribution in [3.05, 3.63) is 70.5 Å². The summed E-state index contributed by atoms with van der Waals surface area (Å²) >= 11 is 7.05. The van der Waals surface area contributed by atoms with Crippen LogP contribution in [0.15, 0.2) is 48.7 Å². The van der Waals surface area contributed by atoms with Gasteiger partial charge in [0.05, 0.1) is 24.5 Å². The zero-order valence-electron chi connectivity index (χ0n) is 13.5. The van der Waals surface area contributed by atoms with Crippen molar-refractivity contribution in [1.82, 2.24) is 29.1 Å². The lowest BCUT2D eigenvalue weighted by molar-refractivity contribution is 0.0946. The Bertz CT molecular complexity index is 1060. The molecule has 0 saturated carbocycles. The Balaban J connectivity index is 1.38. The summed E-state index contributed by atoms with van der Waals surface area (Å²) in [6.45, 7) is 0.904. The molecule has 0 aliphatic carbocycles. The van der Waals surface area contributed by atoms with E-state index >= 15 is 0 Å². The molecule has 1 N–H and O–H groups in total. The summed E-state index contributed by atoms with van der Waals surface area (Å²) in [5.41, 5.74) is 3.93. The van der Waals surface area contributed by atoms with E-state index in [0.717, 1.165) is 22.2 Å². The van der Waals surface area contributed by atoms with Gasteiger partial charge in [0.15, 0.2) is 5.69 Å². The number of fused-ring (bicyclic) bond motifs is 1. The van der Waals surface area contributed by atoms with Crippen molar-refractivity contribution in [2.75, 3.05) is 0 Å². The molecule has 9 heteroatoms. The van der Waals surface area contributed by atoms with E-state index in [1.807, 2.05) is 42.5 Å². The molecule has 0 saturated heterocycles. The number of nitrogens with zero attached hydrogens (tertiary/aromatic N) is 5. The van der Waals surface area contributed by atoms with E-state index in [1.165, 1.54) is 11.7 Å². The van der Waals surface area contributed by atoms with Crippen LogP contribution in [0.4, 0.5) is 0 Å². The van der Waals surface area contributed by atoms with Gasteiger partial charge in [-0.2, -0.15) is 8.75 Å². The molecule has 0 radical (unpaired) electrons. The molecule has 130 valence electrons. The first kappa shape index (κ1) is 16.6. The number of amides is 1. The third kappa shape index (κ3) is 3.71. The van der Waals surface area contributed by atoms with Gasteiger partial charge in [0.25, 0.3) is 5.91 Å². The maximum absolute atomic E-state index is 12.3. The molecule has 4 rings (SSSR count). The first-order valence-electron chi connectivity index (χ1n) is 7.81. The zero-order chi connectivity index (χ0) is 17.9. The van der Waals surface area contributed by atoms with Crippen molar-refractivity contribution in [3.8, 4) is 0 Å². The molecular formula is C17H13ClN6OS. The predicted molar refractivity (Wildman–Crippen MR) is 99.2 cm³/mol. The summed E-state index contributed by atoms with van der Waals surface area (Å²) in [6, 6.07) is 13.2. The summed E-state index contributed by atoms with van der Waals surface area (Å²) in [5.74, 6) is -0.274. The van der Waals surface area contributed by atoms with E-state index in [9.17, 15) is 4.79 Å². The summed E-state index contributed by atoms with van der Waals surface area (Å²) in [4.78, 5) is 12.3. The van der Waals surface area contributed by atoms with Gasteiger partial charge >= 0.3 is 0 Å². The van der Waals surface area contributed by atoms with Gasteiger partial charge in [0, 0.05) is 11.6 Å². The molecular weight excluding hydrogens is 372 g/mol. The highest BCUT2D eigenvalue weighted by molar-refractivity contribution is 7.00. The summed E-state index contributed by atoms with van der Waals surface area (Å²) in [7, 11) is 0. The standard InChI is InChI=1S/C17H13ClN6OS/c18-13-4-1-11(2-5-13)9-24-10-16(20-23-24)17(25)19-8-12-3-6-14-15(7-12)22-26-21-14/h1-7,10H,8-9H2,(H,19,25). The molecule has 26 heavy (non-hydrogen) atoms. The number of carbonyl (C=O) groups is 1. The number of halogens is 1. The lowest BCUT2D eigenvalue weighted by Gasteiger charge is -2.03. The highest BCUT2D eigenvalue weighted by atomic mass is 35.5. The van der Waals surface area contributed by atoms with Crippen LogP contribution in [0.2, 0.25) is 5.02 Å². The van der Waals surface area contributed by atoms with Crippen molar-refractivity contribution in [2.24, 2.45) is 0 Å². The number of hydrogen-bond acceptors (Lipinski definition) is 6. The van der Waals surface area contributed by atoms with Crippen LogP contribution in [-0.2, 0) is 13.1 Å². The largest absolute Gasteiger partial charge is 0.347 e. The van der Waals surface area contributed by atoms with Gasteiger partial charge in [0.2, 0.25) is 0 Å². The zero-order valence-corrected chi connectivity index (χ0v) is 15.0.